The minimum Gasteiger partial charge on any atom is -0.495 e. The molecule has 2 heterocycles. The Balaban J connectivity index is 1.73. The summed E-state index contributed by atoms with van der Waals surface area (Å²) in [5, 5.41) is 3.87. The molecule has 1 N–H and O–H groups in total. The van der Waals surface area contributed by atoms with Gasteiger partial charge in [-0.1, -0.05) is 36.0 Å². The zero-order chi connectivity index (χ0) is 23.5. The SMILES string of the molecule is COc1ccccc1NC(=O)CSc1nc2sc(C)c(C)c2c(=O)n1-c1ccccc1OC. The molecule has 7 nitrogen and oxygen atoms in total. The lowest BCUT2D eigenvalue weighted by Crippen LogP contribution is -2.23. The van der Waals surface area contributed by atoms with Gasteiger partial charge in [0, 0.05) is 4.88 Å². The lowest BCUT2D eigenvalue weighted by molar-refractivity contribution is -0.113. The Bertz CT molecular complexity index is 1390. The predicted octanol–water partition coefficient (Wildman–Crippen LogP) is 4.81. The van der Waals surface area contributed by atoms with Crippen molar-refractivity contribution in [2.75, 3.05) is 25.3 Å². The number of hydrogen-bond acceptors (Lipinski definition) is 7. The molecule has 0 atom stereocenters. The molecule has 0 fully saturated rings. The number of methoxy groups -OCH3 is 2. The quantitative estimate of drug-likeness (QED) is 0.301. The zero-order valence-electron chi connectivity index (χ0n) is 18.7. The number of thiophene rings is 1. The van der Waals surface area contributed by atoms with Crippen LogP contribution in [0.25, 0.3) is 15.9 Å². The maximum absolute atomic E-state index is 13.6. The monoisotopic (exact) mass is 481 g/mol. The molecule has 4 rings (SSSR count). The van der Waals surface area contributed by atoms with Gasteiger partial charge in [0.15, 0.2) is 5.16 Å². The first-order chi connectivity index (χ1) is 15.9. The van der Waals surface area contributed by atoms with Crippen LogP contribution in [0, 0.1) is 13.8 Å². The number of anilines is 1. The Kier molecular flexibility index (Phi) is 6.71. The Morgan fingerprint density at radius 2 is 1.73 bits per heavy atom. The normalized spacial score (nSPS) is 10.9. The van der Waals surface area contributed by atoms with Crippen LogP contribution in [-0.2, 0) is 4.79 Å². The minimum absolute atomic E-state index is 0.0640. The van der Waals surface area contributed by atoms with Gasteiger partial charge in [-0.25, -0.2) is 4.98 Å². The molecule has 4 aromatic rings. The molecule has 2 aromatic heterocycles. The second-order valence-corrected chi connectivity index (χ2v) is 9.35. The maximum atomic E-state index is 13.6. The van der Waals surface area contributed by atoms with Crippen LogP contribution >= 0.6 is 23.1 Å². The number of amides is 1. The fraction of sp³-hybridized carbons (Fsp3) is 0.208. The number of nitrogens with one attached hydrogen (secondary N) is 1. The highest BCUT2D eigenvalue weighted by Gasteiger charge is 2.20. The summed E-state index contributed by atoms with van der Waals surface area (Å²) in [6.07, 6.45) is 0. The van der Waals surface area contributed by atoms with Crippen molar-refractivity contribution < 1.29 is 14.3 Å². The molecule has 170 valence electrons. The van der Waals surface area contributed by atoms with Crippen LogP contribution in [0.3, 0.4) is 0 Å². The summed E-state index contributed by atoms with van der Waals surface area (Å²) in [6, 6.07) is 14.5. The van der Waals surface area contributed by atoms with Crippen molar-refractivity contribution in [1.29, 1.82) is 0 Å². The van der Waals surface area contributed by atoms with Crippen molar-refractivity contribution in [2.45, 2.75) is 19.0 Å². The molecule has 0 aliphatic rings. The zero-order valence-corrected chi connectivity index (χ0v) is 20.3. The summed E-state index contributed by atoms with van der Waals surface area (Å²) in [7, 11) is 3.11. The lowest BCUT2D eigenvalue weighted by Gasteiger charge is -2.15. The molecule has 0 saturated carbocycles. The van der Waals surface area contributed by atoms with Crippen LogP contribution in [0.5, 0.6) is 11.5 Å². The number of aromatic nitrogens is 2. The van der Waals surface area contributed by atoms with Crippen LogP contribution in [0.4, 0.5) is 5.69 Å². The molecule has 0 radical (unpaired) electrons. The summed E-state index contributed by atoms with van der Waals surface area (Å²) in [6.45, 7) is 3.90. The largest absolute Gasteiger partial charge is 0.495 e. The second-order valence-electron chi connectivity index (χ2n) is 7.21. The van der Waals surface area contributed by atoms with Gasteiger partial charge in [-0.15, -0.1) is 11.3 Å². The molecule has 0 aliphatic carbocycles. The molecule has 2 aromatic carbocycles. The van der Waals surface area contributed by atoms with Gasteiger partial charge in [-0.2, -0.15) is 0 Å². The smallest absolute Gasteiger partial charge is 0.267 e. The molecule has 0 spiro atoms. The number of ether oxygens (including phenoxy) is 2. The number of fused-ring (bicyclic) bond motifs is 1. The van der Waals surface area contributed by atoms with Crippen LogP contribution in [-0.4, -0.2) is 35.4 Å². The average Bonchev–Trinajstić information content (AvgIpc) is 3.11. The number of rotatable bonds is 7. The number of carbonyl (C=O) groups is 1. The number of thioether (sulfide) groups is 1. The molecular weight excluding hydrogens is 458 g/mol. The highest BCUT2D eigenvalue weighted by atomic mass is 32.2. The van der Waals surface area contributed by atoms with Gasteiger partial charge in [0.2, 0.25) is 5.91 Å². The van der Waals surface area contributed by atoms with Gasteiger partial charge in [0.05, 0.1) is 36.7 Å². The van der Waals surface area contributed by atoms with Gasteiger partial charge in [-0.05, 0) is 43.7 Å². The van der Waals surface area contributed by atoms with E-state index in [4.69, 9.17) is 14.5 Å². The molecule has 9 heteroatoms. The molecule has 0 bridgehead atoms. The second kappa shape index (κ2) is 9.68. The Hall–Kier alpha value is -3.30. The van der Waals surface area contributed by atoms with E-state index < -0.39 is 0 Å². The van der Waals surface area contributed by atoms with Gasteiger partial charge in [0.1, 0.15) is 16.3 Å². The number of benzene rings is 2. The Labute approximate surface area is 199 Å². The first-order valence-electron chi connectivity index (χ1n) is 10.2. The van der Waals surface area contributed by atoms with Crippen LogP contribution in [0.1, 0.15) is 10.4 Å². The van der Waals surface area contributed by atoms with E-state index in [1.807, 2.05) is 38.1 Å². The van der Waals surface area contributed by atoms with E-state index >= 15 is 0 Å². The molecular formula is C24H23N3O4S2. The summed E-state index contributed by atoms with van der Waals surface area (Å²) in [5.41, 5.74) is 1.90. The van der Waals surface area contributed by atoms with Crippen molar-refractivity contribution in [1.82, 2.24) is 9.55 Å². The topological polar surface area (TPSA) is 82.5 Å². The average molecular weight is 482 g/mol. The highest BCUT2D eigenvalue weighted by molar-refractivity contribution is 7.99. The highest BCUT2D eigenvalue weighted by Crippen LogP contribution is 2.32. The number of carbonyl (C=O) groups excluding carboxylic acids is 1. The van der Waals surface area contributed by atoms with E-state index in [0.717, 1.165) is 10.4 Å². The summed E-state index contributed by atoms with van der Waals surface area (Å²) in [5.74, 6) is 0.953. The first kappa shape index (κ1) is 22.9. The van der Waals surface area contributed by atoms with Crippen molar-refractivity contribution in [3.05, 3.63) is 69.3 Å². The van der Waals surface area contributed by atoms with Crippen molar-refractivity contribution in [3.63, 3.8) is 0 Å². The summed E-state index contributed by atoms with van der Waals surface area (Å²) >= 11 is 2.67. The molecule has 33 heavy (non-hydrogen) atoms. The van der Waals surface area contributed by atoms with E-state index in [1.54, 1.807) is 38.5 Å². The van der Waals surface area contributed by atoms with Gasteiger partial charge >= 0.3 is 0 Å². The molecule has 0 saturated heterocycles. The van der Waals surface area contributed by atoms with E-state index in [1.165, 1.54) is 27.7 Å². The minimum atomic E-state index is -0.232. The molecule has 0 aliphatic heterocycles. The number of hydrogen-bond donors (Lipinski definition) is 1. The first-order valence-corrected chi connectivity index (χ1v) is 12.0. The fourth-order valence-corrected chi connectivity index (χ4v) is 5.34. The predicted molar refractivity (Wildman–Crippen MR) is 134 cm³/mol. The van der Waals surface area contributed by atoms with E-state index in [9.17, 15) is 9.59 Å². The third kappa shape index (κ3) is 4.46. The Morgan fingerprint density at radius 3 is 2.45 bits per heavy atom. The third-order valence-corrected chi connectivity index (χ3v) is 7.25. The molecule has 1 amide bonds. The molecule has 0 unspecified atom stereocenters. The van der Waals surface area contributed by atoms with E-state index in [0.29, 0.717) is 38.2 Å². The van der Waals surface area contributed by atoms with E-state index in [-0.39, 0.29) is 17.2 Å². The van der Waals surface area contributed by atoms with Crippen molar-refractivity contribution in [3.8, 4) is 17.2 Å². The summed E-state index contributed by atoms with van der Waals surface area (Å²) < 4.78 is 12.3. The number of nitrogens with zero attached hydrogens (tertiary/aromatic N) is 2. The van der Waals surface area contributed by atoms with Crippen molar-refractivity contribution >= 4 is 44.9 Å². The third-order valence-electron chi connectivity index (χ3n) is 5.21. The van der Waals surface area contributed by atoms with Gasteiger partial charge < -0.3 is 14.8 Å². The van der Waals surface area contributed by atoms with E-state index in [2.05, 4.69) is 5.32 Å². The standard InChI is InChI=1S/C24H23N3O4S2/c1-14-15(2)33-22-21(14)23(29)27(17-10-6-8-12-19(17)31-4)24(26-22)32-13-20(28)25-16-9-5-7-11-18(16)30-3/h5-12H,13H2,1-4H3,(H,25,28). The van der Waals surface area contributed by atoms with Crippen LogP contribution < -0.4 is 20.3 Å². The summed E-state index contributed by atoms with van der Waals surface area (Å²) in [4.78, 5) is 32.8. The number of para-hydroxylation sites is 4. The van der Waals surface area contributed by atoms with Crippen LogP contribution in [0.15, 0.2) is 58.5 Å². The van der Waals surface area contributed by atoms with Crippen molar-refractivity contribution in [2.24, 2.45) is 0 Å². The van der Waals surface area contributed by atoms with Gasteiger partial charge in [0.25, 0.3) is 5.56 Å². The Morgan fingerprint density at radius 1 is 1.06 bits per heavy atom. The fourth-order valence-electron chi connectivity index (χ4n) is 3.46. The van der Waals surface area contributed by atoms with Gasteiger partial charge in [-0.3, -0.25) is 14.2 Å². The lowest BCUT2D eigenvalue weighted by atomic mass is 10.2. The number of aryl methyl sites for hydroxylation is 2. The maximum Gasteiger partial charge on any atom is 0.267 e. The van der Waals surface area contributed by atoms with Crippen LogP contribution in [0.2, 0.25) is 0 Å².